The lowest BCUT2D eigenvalue weighted by atomic mass is 10.1. The second-order valence-electron chi connectivity index (χ2n) is 5.15. The molecule has 1 aromatic heterocycles. The number of hydrogen-bond acceptors (Lipinski definition) is 4. The lowest BCUT2D eigenvalue weighted by Crippen LogP contribution is -2.29. The second-order valence-corrected chi connectivity index (χ2v) is 6.41. The third-order valence-corrected chi connectivity index (χ3v) is 4.82. The molecule has 116 valence electrons. The van der Waals surface area contributed by atoms with Crippen LogP contribution >= 0.6 is 27.5 Å². The van der Waals surface area contributed by atoms with Crippen molar-refractivity contribution in [2.24, 2.45) is 0 Å². The van der Waals surface area contributed by atoms with Gasteiger partial charge in [0.05, 0.1) is 17.3 Å². The number of rotatable bonds is 3. The molecular formula is C14H15BrClN5O. The molecule has 1 aliphatic heterocycles. The van der Waals surface area contributed by atoms with Crippen LogP contribution in [0.4, 0.5) is 5.69 Å². The molecule has 0 saturated carbocycles. The third kappa shape index (κ3) is 3.48. The smallest absolute Gasteiger partial charge is 0.277 e. The summed E-state index contributed by atoms with van der Waals surface area (Å²) in [5.41, 5.74) is 0.960. The molecule has 2 heterocycles. The zero-order chi connectivity index (χ0) is 15.5. The fourth-order valence-corrected chi connectivity index (χ4v) is 2.90. The monoisotopic (exact) mass is 383 g/mol. The molecule has 0 aliphatic carbocycles. The van der Waals surface area contributed by atoms with E-state index in [0.717, 1.165) is 30.4 Å². The summed E-state index contributed by atoms with van der Waals surface area (Å²) in [5.74, 6) is -0.283. The van der Waals surface area contributed by atoms with E-state index in [4.69, 9.17) is 11.6 Å². The molecule has 0 radical (unpaired) electrons. The summed E-state index contributed by atoms with van der Waals surface area (Å²) in [5, 5.41) is 14.7. The molecule has 0 atom stereocenters. The van der Waals surface area contributed by atoms with Crippen LogP contribution in [0.2, 0.25) is 5.02 Å². The van der Waals surface area contributed by atoms with E-state index in [0.29, 0.717) is 22.4 Å². The first-order valence-corrected chi connectivity index (χ1v) is 8.19. The normalized spacial score (nSPS) is 15.7. The number of benzene rings is 1. The standard InChI is InChI=1S/C14H15BrClN5O/c15-11-7-9(1-2-12(11)16)18-14(22)13-8-21(20-19-13)10-3-5-17-6-4-10/h1-2,7-8,10,17H,3-6H2,(H,18,22). The van der Waals surface area contributed by atoms with E-state index < -0.39 is 0 Å². The molecule has 0 bridgehead atoms. The van der Waals surface area contributed by atoms with Crippen molar-refractivity contribution < 1.29 is 4.79 Å². The average Bonchev–Trinajstić information content (AvgIpc) is 3.02. The van der Waals surface area contributed by atoms with Gasteiger partial charge < -0.3 is 10.6 Å². The van der Waals surface area contributed by atoms with Crippen molar-refractivity contribution in [3.63, 3.8) is 0 Å². The van der Waals surface area contributed by atoms with Gasteiger partial charge in [0.15, 0.2) is 5.69 Å². The lowest BCUT2D eigenvalue weighted by Gasteiger charge is -2.22. The first-order valence-electron chi connectivity index (χ1n) is 7.02. The number of aromatic nitrogens is 3. The quantitative estimate of drug-likeness (QED) is 0.853. The Balaban J connectivity index is 1.69. The molecule has 2 N–H and O–H groups in total. The number of nitrogens with zero attached hydrogens (tertiary/aromatic N) is 3. The van der Waals surface area contributed by atoms with Crippen LogP contribution in [-0.2, 0) is 0 Å². The van der Waals surface area contributed by atoms with Crippen molar-refractivity contribution in [1.29, 1.82) is 0 Å². The Morgan fingerprint density at radius 1 is 1.41 bits per heavy atom. The largest absolute Gasteiger partial charge is 0.321 e. The van der Waals surface area contributed by atoms with Gasteiger partial charge in [-0.05, 0) is 60.1 Å². The Morgan fingerprint density at radius 2 is 2.18 bits per heavy atom. The molecule has 1 saturated heterocycles. The van der Waals surface area contributed by atoms with Gasteiger partial charge in [-0.1, -0.05) is 16.8 Å². The molecule has 0 spiro atoms. The van der Waals surface area contributed by atoms with Gasteiger partial charge in [0.2, 0.25) is 0 Å². The molecule has 2 aromatic rings. The summed E-state index contributed by atoms with van der Waals surface area (Å²) in [6, 6.07) is 5.51. The van der Waals surface area contributed by atoms with Crippen LogP contribution in [0, 0.1) is 0 Å². The van der Waals surface area contributed by atoms with Gasteiger partial charge in [-0.2, -0.15) is 0 Å². The number of piperidine rings is 1. The van der Waals surface area contributed by atoms with E-state index in [-0.39, 0.29) is 5.91 Å². The highest BCUT2D eigenvalue weighted by Crippen LogP contribution is 2.25. The predicted molar refractivity (Wildman–Crippen MR) is 88.3 cm³/mol. The Kier molecular flexibility index (Phi) is 4.75. The van der Waals surface area contributed by atoms with Gasteiger partial charge in [-0.15, -0.1) is 5.10 Å². The molecule has 1 amide bonds. The fraction of sp³-hybridized carbons (Fsp3) is 0.357. The summed E-state index contributed by atoms with van der Waals surface area (Å²) in [4.78, 5) is 12.2. The minimum Gasteiger partial charge on any atom is -0.321 e. The number of halogens is 2. The molecule has 22 heavy (non-hydrogen) atoms. The van der Waals surface area contributed by atoms with Crippen molar-refractivity contribution in [3.8, 4) is 0 Å². The van der Waals surface area contributed by atoms with Crippen molar-refractivity contribution in [1.82, 2.24) is 20.3 Å². The van der Waals surface area contributed by atoms with E-state index in [9.17, 15) is 4.79 Å². The first kappa shape index (κ1) is 15.5. The van der Waals surface area contributed by atoms with E-state index >= 15 is 0 Å². The SMILES string of the molecule is O=C(Nc1ccc(Cl)c(Br)c1)c1cn(C2CCNCC2)nn1. The van der Waals surface area contributed by atoms with E-state index in [1.807, 2.05) is 0 Å². The molecular weight excluding hydrogens is 370 g/mol. The highest BCUT2D eigenvalue weighted by molar-refractivity contribution is 9.10. The zero-order valence-electron chi connectivity index (χ0n) is 11.7. The number of hydrogen-bond donors (Lipinski definition) is 2. The maximum atomic E-state index is 12.2. The van der Waals surface area contributed by atoms with Crippen molar-refractivity contribution in [2.75, 3.05) is 18.4 Å². The van der Waals surface area contributed by atoms with Crippen molar-refractivity contribution >= 4 is 39.1 Å². The fourth-order valence-electron chi connectivity index (χ4n) is 2.40. The topological polar surface area (TPSA) is 71.8 Å². The molecule has 3 rings (SSSR count). The number of amides is 1. The maximum absolute atomic E-state index is 12.2. The highest BCUT2D eigenvalue weighted by Gasteiger charge is 2.18. The van der Waals surface area contributed by atoms with Gasteiger partial charge in [-0.25, -0.2) is 4.68 Å². The first-order chi connectivity index (χ1) is 10.6. The molecule has 1 aliphatic rings. The van der Waals surface area contributed by atoms with Crippen molar-refractivity contribution in [2.45, 2.75) is 18.9 Å². The van der Waals surface area contributed by atoms with Crippen LogP contribution in [-0.4, -0.2) is 34.0 Å². The molecule has 6 nitrogen and oxygen atoms in total. The van der Waals surface area contributed by atoms with Gasteiger partial charge >= 0.3 is 0 Å². The van der Waals surface area contributed by atoms with Crippen LogP contribution in [0.5, 0.6) is 0 Å². The van der Waals surface area contributed by atoms with Crippen LogP contribution in [0.1, 0.15) is 29.4 Å². The Bertz CT molecular complexity index is 684. The van der Waals surface area contributed by atoms with Gasteiger partial charge in [-0.3, -0.25) is 4.79 Å². The van der Waals surface area contributed by atoms with E-state index in [2.05, 4.69) is 36.9 Å². The molecule has 1 fully saturated rings. The Morgan fingerprint density at radius 3 is 2.91 bits per heavy atom. The average molecular weight is 385 g/mol. The summed E-state index contributed by atoms with van der Waals surface area (Å²) >= 11 is 9.26. The van der Waals surface area contributed by atoms with Gasteiger partial charge in [0.1, 0.15) is 0 Å². The molecule has 0 unspecified atom stereocenters. The summed E-state index contributed by atoms with van der Waals surface area (Å²) in [7, 11) is 0. The number of nitrogens with one attached hydrogen (secondary N) is 2. The minimum atomic E-state index is -0.283. The number of anilines is 1. The lowest BCUT2D eigenvalue weighted by molar-refractivity contribution is 0.102. The summed E-state index contributed by atoms with van der Waals surface area (Å²) < 4.78 is 2.51. The number of carbonyl (C=O) groups is 1. The maximum Gasteiger partial charge on any atom is 0.277 e. The summed E-state index contributed by atoms with van der Waals surface area (Å²) in [6.07, 6.45) is 3.69. The van der Waals surface area contributed by atoms with Crippen LogP contribution in [0.25, 0.3) is 0 Å². The van der Waals surface area contributed by atoms with Gasteiger partial charge in [0, 0.05) is 10.2 Å². The van der Waals surface area contributed by atoms with Crippen LogP contribution in [0.3, 0.4) is 0 Å². The predicted octanol–water partition coefficient (Wildman–Crippen LogP) is 2.87. The van der Waals surface area contributed by atoms with Crippen LogP contribution < -0.4 is 10.6 Å². The molecule has 8 heteroatoms. The van der Waals surface area contributed by atoms with Crippen LogP contribution in [0.15, 0.2) is 28.9 Å². The Labute approximate surface area is 141 Å². The third-order valence-electron chi connectivity index (χ3n) is 3.60. The van der Waals surface area contributed by atoms with Crippen molar-refractivity contribution in [3.05, 3.63) is 39.6 Å². The van der Waals surface area contributed by atoms with E-state index in [1.54, 1.807) is 29.1 Å². The Hall–Kier alpha value is -1.44. The number of carbonyl (C=O) groups excluding carboxylic acids is 1. The van der Waals surface area contributed by atoms with E-state index in [1.165, 1.54) is 0 Å². The summed E-state index contributed by atoms with van der Waals surface area (Å²) in [6.45, 7) is 1.93. The second kappa shape index (κ2) is 6.76. The minimum absolute atomic E-state index is 0.283. The highest BCUT2D eigenvalue weighted by atomic mass is 79.9. The zero-order valence-corrected chi connectivity index (χ0v) is 14.1. The van der Waals surface area contributed by atoms with Gasteiger partial charge in [0.25, 0.3) is 5.91 Å². The molecule has 1 aromatic carbocycles.